The molecule has 0 N–H and O–H groups in total. The van der Waals surface area contributed by atoms with Crippen LogP contribution in [0.3, 0.4) is 0 Å². The summed E-state index contributed by atoms with van der Waals surface area (Å²) in [6.45, 7) is 2.47. The van der Waals surface area contributed by atoms with E-state index < -0.39 is 12.0 Å². The lowest BCUT2D eigenvalue weighted by atomic mass is 9.78. The molecule has 0 unspecified atom stereocenters. The summed E-state index contributed by atoms with van der Waals surface area (Å²) >= 11 is 6.21. The molecule has 0 spiro atoms. The van der Waals surface area contributed by atoms with Crippen LogP contribution in [-0.4, -0.2) is 76.2 Å². The van der Waals surface area contributed by atoms with Crippen LogP contribution in [0.5, 0.6) is 17.2 Å². The van der Waals surface area contributed by atoms with Gasteiger partial charge in [0.15, 0.2) is 11.5 Å². The lowest BCUT2D eigenvalue weighted by Gasteiger charge is -2.43. The number of fused-ring (bicyclic) bond motifs is 1. The summed E-state index contributed by atoms with van der Waals surface area (Å²) in [5.41, 5.74) is 2.97. The van der Waals surface area contributed by atoms with E-state index in [1.165, 1.54) is 7.11 Å². The van der Waals surface area contributed by atoms with Gasteiger partial charge < -0.3 is 28.9 Å². The van der Waals surface area contributed by atoms with E-state index in [2.05, 4.69) is 4.90 Å². The highest BCUT2D eigenvalue weighted by Gasteiger charge is 2.45. The fourth-order valence-electron chi connectivity index (χ4n) is 5.59. The van der Waals surface area contributed by atoms with E-state index in [1.807, 2.05) is 53.4 Å². The molecule has 204 valence electrons. The van der Waals surface area contributed by atoms with Crippen LogP contribution in [0.25, 0.3) is 0 Å². The Bertz CT molecular complexity index is 1370. The molecule has 2 heterocycles. The van der Waals surface area contributed by atoms with Gasteiger partial charge in [-0.25, -0.2) is 0 Å². The average molecular weight is 550 g/mol. The third-order valence-electron chi connectivity index (χ3n) is 7.66. The van der Waals surface area contributed by atoms with Crippen molar-refractivity contribution in [2.75, 3.05) is 59.5 Å². The Morgan fingerprint density at radius 2 is 1.54 bits per heavy atom. The van der Waals surface area contributed by atoms with Gasteiger partial charge in [0.05, 0.1) is 33.3 Å². The van der Waals surface area contributed by atoms with Gasteiger partial charge in [-0.05, 0) is 53.6 Å². The topological polar surface area (TPSA) is 71.5 Å². The molecular formula is C30H32ClN3O5. The summed E-state index contributed by atoms with van der Waals surface area (Å²) in [6, 6.07) is 18.2. The van der Waals surface area contributed by atoms with Gasteiger partial charge in [0.2, 0.25) is 5.91 Å². The minimum Gasteiger partial charge on any atom is -0.497 e. The normalized spacial score (nSPS) is 19.0. The van der Waals surface area contributed by atoms with Crippen molar-refractivity contribution in [2.45, 2.75) is 12.0 Å². The molecule has 0 radical (unpaired) electrons. The number of nitrogens with zero attached hydrogens (tertiary/aromatic N) is 3. The van der Waals surface area contributed by atoms with E-state index in [-0.39, 0.29) is 11.8 Å². The molecule has 3 aromatic carbocycles. The molecule has 1 saturated heterocycles. The largest absolute Gasteiger partial charge is 0.497 e. The highest BCUT2D eigenvalue weighted by Crippen LogP contribution is 2.46. The van der Waals surface area contributed by atoms with Crippen molar-refractivity contribution in [2.24, 2.45) is 0 Å². The second-order valence-corrected chi connectivity index (χ2v) is 10.1. The molecule has 2 atom stereocenters. The van der Waals surface area contributed by atoms with Gasteiger partial charge in [-0.3, -0.25) is 9.59 Å². The Morgan fingerprint density at radius 3 is 2.15 bits per heavy atom. The Balaban J connectivity index is 1.53. The van der Waals surface area contributed by atoms with Crippen LogP contribution in [0.15, 0.2) is 60.7 Å². The molecule has 0 aromatic heterocycles. The van der Waals surface area contributed by atoms with Gasteiger partial charge in [0, 0.05) is 49.5 Å². The fourth-order valence-corrected chi connectivity index (χ4v) is 5.77. The molecule has 3 aromatic rings. The summed E-state index contributed by atoms with van der Waals surface area (Å²) in [5.74, 6) is 0.785. The number of carbonyl (C=O) groups is 2. The summed E-state index contributed by atoms with van der Waals surface area (Å²) < 4.78 is 16.4. The van der Waals surface area contributed by atoms with E-state index in [0.717, 1.165) is 11.3 Å². The van der Waals surface area contributed by atoms with Gasteiger partial charge in [-0.15, -0.1) is 0 Å². The second kappa shape index (κ2) is 11.1. The van der Waals surface area contributed by atoms with Crippen molar-refractivity contribution >= 4 is 29.1 Å². The first-order chi connectivity index (χ1) is 18.9. The number of benzene rings is 3. The molecule has 5 rings (SSSR count). The van der Waals surface area contributed by atoms with Gasteiger partial charge in [-0.1, -0.05) is 29.8 Å². The number of carbonyl (C=O) groups excluding carboxylic acids is 2. The molecule has 8 nitrogen and oxygen atoms in total. The molecule has 0 saturated carbocycles. The zero-order chi connectivity index (χ0) is 27.7. The minimum atomic E-state index is -0.631. The SMILES string of the molecule is COc1ccc([C@H]2[C@H](C(=O)N3CCN(c4cccc(Cl)c4)CC3)c3cc(OC)c(OC)cc3C(=O)N2C)cc1. The lowest BCUT2D eigenvalue weighted by Crippen LogP contribution is -2.53. The first kappa shape index (κ1) is 26.7. The van der Waals surface area contributed by atoms with Gasteiger partial charge >= 0.3 is 0 Å². The van der Waals surface area contributed by atoms with Gasteiger partial charge in [0.25, 0.3) is 5.91 Å². The highest BCUT2D eigenvalue weighted by molar-refractivity contribution is 6.30. The number of likely N-dealkylation sites (N-methyl/N-ethyl adjacent to an activating group) is 1. The standard InChI is InChI=1S/C30H32ClN3O5/c1-32-28(19-8-10-22(37-2)11-9-19)27(23-17-25(38-3)26(39-4)18-24(23)29(32)35)30(36)34-14-12-33(13-15-34)21-7-5-6-20(31)16-21/h5-11,16-18,27-28H,12-15H2,1-4H3/t27-,28+/m1/s1. The summed E-state index contributed by atoms with van der Waals surface area (Å²) in [7, 11) is 6.43. The minimum absolute atomic E-state index is 0.0330. The zero-order valence-corrected chi connectivity index (χ0v) is 23.3. The van der Waals surface area contributed by atoms with Gasteiger partial charge in [-0.2, -0.15) is 0 Å². The third-order valence-corrected chi connectivity index (χ3v) is 7.90. The smallest absolute Gasteiger partial charge is 0.254 e. The van der Waals surface area contributed by atoms with Crippen LogP contribution in [-0.2, 0) is 4.79 Å². The van der Waals surface area contributed by atoms with E-state index >= 15 is 0 Å². The first-order valence-corrected chi connectivity index (χ1v) is 13.2. The second-order valence-electron chi connectivity index (χ2n) is 9.70. The Hall–Kier alpha value is -3.91. The number of ether oxygens (including phenoxy) is 3. The molecule has 1 fully saturated rings. The highest BCUT2D eigenvalue weighted by atomic mass is 35.5. The van der Waals surface area contributed by atoms with E-state index in [4.69, 9.17) is 25.8 Å². The number of anilines is 1. The number of hydrogen-bond acceptors (Lipinski definition) is 6. The van der Waals surface area contributed by atoms with Crippen molar-refractivity contribution in [3.8, 4) is 17.2 Å². The summed E-state index contributed by atoms with van der Waals surface area (Å²) in [5, 5.41) is 0.684. The van der Waals surface area contributed by atoms with Crippen molar-refractivity contribution in [1.82, 2.24) is 9.80 Å². The zero-order valence-electron chi connectivity index (χ0n) is 22.5. The lowest BCUT2D eigenvalue weighted by molar-refractivity contribution is -0.134. The maximum atomic E-state index is 14.4. The van der Waals surface area contributed by atoms with Crippen molar-refractivity contribution < 1.29 is 23.8 Å². The Labute approximate surface area is 233 Å². The average Bonchev–Trinajstić information content (AvgIpc) is 2.98. The number of piperazine rings is 1. The molecular weight excluding hydrogens is 518 g/mol. The van der Waals surface area contributed by atoms with Crippen LogP contribution in [0.1, 0.15) is 33.4 Å². The number of rotatable bonds is 6. The number of halogens is 1. The Morgan fingerprint density at radius 1 is 0.872 bits per heavy atom. The summed E-state index contributed by atoms with van der Waals surface area (Å²) in [4.78, 5) is 33.8. The first-order valence-electron chi connectivity index (χ1n) is 12.8. The maximum absolute atomic E-state index is 14.4. The molecule has 2 amide bonds. The maximum Gasteiger partial charge on any atom is 0.254 e. The fraction of sp³-hybridized carbons (Fsp3) is 0.333. The van der Waals surface area contributed by atoms with Crippen LogP contribution < -0.4 is 19.1 Å². The summed E-state index contributed by atoms with van der Waals surface area (Å²) in [6.07, 6.45) is 0. The molecule has 39 heavy (non-hydrogen) atoms. The predicted molar refractivity (Wildman–Crippen MR) is 150 cm³/mol. The predicted octanol–water partition coefficient (Wildman–Crippen LogP) is 4.63. The molecule has 0 bridgehead atoms. The van der Waals surface area contributed by atoms with Crippen LogP contribution in [0.4, 0.5) is 5.69 Å². The quantitative estimate of drug-likeness (QED) is 0.447. The molecule has 2 aliphatic heterocycles. The Kier molecular flexibility index (Phi) is 7.57. The number of methoxy groups -OCH3 is 3. The van der Waals surface area contributed by atoms with Crippen LogP contribution in [0.2, 0.25) is 5.02 Å². The molecule has 2 aliphatic rings. The van der Waals surface area contributed by atoms with Crippen molar-refractivity contribution in [3.05, 3.63) is 82.4 Å². The number of amides is 2. The number of hydrogen-bond donors (Lipinski definition) is 0. The van der Waals surface area contributed by atoms with E-state index in [9.17, 15) is 9.59 Å². The monoisotopic (exact) mass is 549 g/mol. The van der Waals surface area contributed by atoms with E-state index in [0.29, 0.717) is 59.6 Å². The van der Waals surface area contributed by atoms with E-state index in [1.54, 1.807) is 38.3 Å². The van der Waals surface area contributed by atoms with Crippen LogP contribution >= 0.6 is 11.6 Å². The van der Waals surface area contributed by atoms with Crippen molar-refractivity contribution in [3.63, 3.8) is 0 Å². The van der Waals surface area contributed by atoms with Gasteiger partial charge in [0.1, 0.15) is 5.75 Å². The third kappa shape index (κ3) is 4.96. The molecule has 9 heteroatoms. The van der Waals surface area contributed by atoms with Crippen molar-refractivity contribution in [1.29, 1.82) is 0 Å². The molecule has 0 aliphatic carbocycles. The van der Waals surface area contributed by atoms with Crippen LogP contribution in [0, 0.1) is 0 Å².